The predicted molar refractivity (Wildman–Crippen MR) is 211 cm³/mol. The SMILES string of the molecule is O=C(O)C1=C(CSc2s[nH]c(=O)c2C(=O)O)CSC2C(NC(=O)/C(=N\OC(F)F)c3csc(NC(c4ccccc4)(c4ccccc4)c4ccccc4)n3)C(=O)N12. The van der Waals surface area contributed by atoms with E-state index in [-0.39, 0.29) is 37.8 Å². The summed E-state index contributed by atoms with van der Waals surface area (Å²) in [6, 6.07) is 27.5. The van der Waals surface area contributed by atoms with Crippen molar-refractivity contribution in [2.45, 2.75) is 27.8 Å². The molecule has 7 rings (SSSR count). The number of β-lactam (4-membered cyclic amide) rings is 1. The van der Waals surface area contributed by atoms with Crippen molar-refractivity contribution in [3.8, 4) is 0 Å². The predicted octanol–water partition coefficient (Wildman–Crippen LogP) is 5.47. The first-order chi connectivity index (χ1) is 27.5. The number of aromatic amines is 1. The van der Waals surface area contributed by atoms with Crippen LogP contribution in [0.25, 0.3) is 0 Å². The van der Waals surface area contributed by atoms with Crippen LogP contribution >= 0.6 is 46.4 Å². The smallest absolute Gasteiger partial charge is 0.407 e. The van der Waals surface area contributed by atoms with Crippen LogP contribution in [0.2, 0.25) is 0 Å². The van der Waals surface area contributed by atoms with E-state index in [1.165, 1.54) is 5.38 Å². The minimum absolute atomic E-state index is 0.0434. The van der Waals surface area contributed by atoms with Crippen LogP contribution in [0.5, 0.6) is 0 Å². The standard InChI is InChI=1S/C37H28F2N6O8S4/c38-35(39)53-43-25(23-18-56-36(40-23)42-37(20-10-4-1-5-11-20,21-12-6-2-7-13-21)22-14-8-3-9-15-22)29(47)41-26-30(48)45-27(33(51)52)19(16-54-31(26)45)17-55-34-24(32(49)50)28(46)44-57-34/h1-15,18,26,31,35H,16-17H2,(H,40,42)(H,41,47)(H,44,46)(H,49,50)(H,51,52)/b43-25-. The van der Waals surface area contributed by atoms with Crippen molar-refractivity contribution in [2.75, 3.05) is 16.8 Å². The van der Waals surface area contributed by atoms with E-state index in [2.05, 4.69) is 30.0 Å². The molecule has 2 amide bonds. The normalized spacial score (nSPS) is 16.9. The molecule has 0 bridgehead atoms. The summed E-state index contributed by atoms with van der Waals surface area (Å²) < 4.78 is 29.1. The minimum Gasteiger partial charge on any atom is -0.477 e. The number of alkyl halides is 2. The van der Waals surface area contributed by atoms with Gasteiger partial charge in [-0.2, -0.15) is 8.78 Å². The quantitative estimate of drug-likeness (QED) is 0.0293. The van der Waals surface area contributed by atoms with Crippen LogP contribution in [-0.2, 0) is 24.8 Å². The zero-order valence-corrected chi connectivity index (χ0v) is 32.2. The Bertz CT molecular complexity index is 2350. The number of carboxylic acids is 2. The minimum atomic E-state index is -3.39. The number of oxime groups is 1. The number of aromatic nitrogens is 2. The van der Waals surface area contributed by atoms with Gasteiger partial charge in [0.25, 0.3) is 17.4 Å². The number of carboxylic acid groups (broad SMARTS) is 2. The molecule has 0 saturated carbocycles. The molecule has 14 nitrogen and oxygen atoms in total. The Balaban J connectivity index is 1.14. The number of nitrogens with one attached hydrogen (secondary N) is 3. The van der Waals surface area contributed by atoms with Gasteiger partial charge in [-0.25, -0.2) is 14.6 Å². The number of halogens is 2. The molecule has 0 radical (unpaired) electrons. The highest BCUT2D eigenvalue weighted by molar-refractivity contribution is 8.02. The molecule has 5 N–H and O–H groups in total. The first-order valence-electron chi connectivity index (χ1n) is 16.7. The van der Waals surface area contributed by atoms with Gasteiger partial charge in [0.1, 0.15) is 28.3 Å². The molecule has 2 aliphatic heterocycles. The summed E-state index contributed by atoms with van der Waals surface area (Å²) in [6.07, 6.45) is 0. The van der Waals surface area contributed by atoms with E-state index in [4.69, 9.17) is 0 Å². The number of hydrogen-bond acceptors (Lipinski definition) is 13. The third kappa shape index (κ3) is 7.80. The van der Waals surface area contributed by atoms with Gasteiger partial charge in [0, 0.05) is 16.9 Å². The van der Waals surface area contributed by atoms with E-state index < -0.39 is 64.2 Å². The number of thiazole rings is 1. The second-order valence-corrected chi connectivity index (χ2v) is 16.2. The number of thioether (sulfide) groups is 2. The molecular weight excluding hydrogens is 823 g/mol. The lowest BCUT2D eigenvalue weighted by Crippen LogP contribution is -2.71. The molecule has 0 aliphatic carbocycles. The van der Waals surface area contributed by atoms with Crippen molar-refractivity contribution < 1.29 is 43.0 Å². The summed E-state index contributed by atoms with van der Waals surface area (Å²) in [5.74, 6) is -4.68. The molecule has 1 fully saturated rings. The maximum Gasteiger partial charge on any atom is 0.407 e. The van der Waals surface area contributed by atoms with Gasteiger partial charge in [-0.1, -0.05) is 108 Å². The van der Waals surface area contributed by atoms with Gasteiger partial charge in [-0.15, -0.1) is 34.9 Å². The molecule has 2 unspecified atom stereocenters. The van der Waals surface area contributed by atoms with Gasteiger partial charge >= 0.3 is 18.6 Å². The maximum atomic E-state index is 13.8. The van der Waals surface area contributed by atoms with E-state index in [0.29, 0.717) is 0 Å². The van der Waals surface area contributed by atoms with Crippen LogP contribution in [-0.4, -0.2) is 83.5 Å². The number of rotatable bonds is 15. The lowest BCUT2D eigenvalue weighted by Gasteiger charge is -2.49. The van der Waals surface area contributed by atoms with Crippen LogP contribution < -0.4 is 16.2 Å². The number of carbonyl (C=O) groups excluding carboxylic acids is 2. The number of aromatic carboxylic acids is 1. The third-order valence-electron chi connectivity index (χ3n) is 8.90. The summed E-state index contributed by atoms with van der Waals surface area (Å²) in [6.45, 7) is -3.39. The number of amides is 2. The third-order valence-corrected chi connectivity index (χ3v) is 13.2. The number of H-pyrrole nitrogens is 1. The van der Waals surface area contributed by atoms with Crippen LogP contribution in [0, 0.1) is 0 Å². The highest BCUT2D eigenvalue weighted by atomic mass is 32.2. The summed E-state index contributed by atoms with van der Waals surface area (Å²) in [5, 5.41) is 29.8. The Kier molecular flexibility index (Phi) is 11.6. The number of nitrogens with zero attached hydrogens (tertiary/aromatic N) is 3. The van der Waals surface area contributed by atoms with Crippen LogP contribution in [0.1, 0.15) is 32.7 Å². The van der Waals surface area contributed by atoms with Crippen molar-refractivity contribution in [3.05, 3.63) is 146 Å². The highest BCUT2D eigenvalue weighted by Gasteiger charge is 2.54. The largest absolute Gasteiger partial charge is 0.477 e. The molecule has 1 saturated heterocycles. The monoisotopic (exact) mass is 850 g/mol. The summed E-state index contributed by atoms with van der Waals surface area (Å²) in [4.78, 5) is 72.9. The molecule has 5 aromatic rings. The first-order valence-corrected chi connectivity index (χ1v) is 20.4. The Labute approximate surface area is 337 Å². The topological polar surface area (TPSA) is 203 Å². The number of fused-ring (bicyclic) bond motifs is 1. The van der Waals surface area contributed by atoms with E-state index in [9.17, 15) is 43.0 Å². The molecule has 0 spiro atoms. The molecule has 3 aromatic carbocycles. The van der Waals surface area contributed by atoms with Gasteiger partial charge in [-0.3, -0.25) is 23.7 Å². The Morgan fingerprint density at radius 2 is 1.56 bits per heavy atom. The average molecular weight is 851 g/mol. The first kappa shape index (κ1) is 39.4. The summed E-state index contributed by atoms with van der Waals surface area (Å²) >= 11 is 3.95. The number of anilines is 1. The van der Waals surface area contributed by atoms with Crippen LogP contribution in [0.3, 0.4) is 0 Å². The van der Waals surface area contributed by atoms with E-state index in [1.54, 1.807) is 0 Å². The van der Waals surface area contributed by atoms with Crippen molar-refractivity contribution in [1.29, 1.82) is 0 Å². The number of aliphatic carboxylic acids is 1. The summed E-state index contributed by atoms with van der Waals surface area (Å²) in [5.41, 5.74) is -0.542. The maximum absolute atomic E-state index is 13.8. The van der Waals surface area contributed by atoms with Gasteiger partial charge in [0.15, 0.2) is 16.4 Å². The van der Waals surface area contributed by atoms with Crippen molar-refractivity contribution in [3.63, 3.8) is 0 Å². The fraction of sp³-hybridized carbons (Fsp3) is 0.162. The van der Waals surface area contributed by atoms with Crippen molar-refractivity contribution in [2.24, 2.45) is 5.16 Å². The van der Waals surface area contributed by atoms with E-state index in [1.807, 2.05) is 91.0 Å². The molecule has 20 heteroatoms. The fourth-order valence-electron chi connectivity index (χ4n) is 6.41. The molecular formula is C37H28F2N6O8S4. The van der Waals surface area contributed by atoms with Crippen molar-refractivity contribution in [1.82, 2.24) is 19.6 Å². The zero-order chi connectivity index (χ0) is 40.3. The molecule has 57 heavy (non-hydrogen) atoms. The second-order valence-electron chi connectivity index (χ2n) is 12.2. The Morgan fingerprint density at radius 3 is 2.11 bits per heavy atom. The molecule has 2 aromatic heterocycles. The van der Waals surface area contributed by atoms with Crippen LogP contribution in [0.15, 0.2) is 122 Å². The lowest BCUT2D eigenvalue weighted by molar-refractivity contribution is -0.150. The fourth-order valence-corrected chi connectivity index (χ4v) is 10.6. The Morgan fingerprint density at radius 1 is 0.965 bits per heavy atom. The number of benzene rings is 3. The molecule has 2 aliphatic rings. The molecule has 4 heterocycles. The second kappa shape index (κ2) is 16.7. The lowest BCUT2D eigenvalue weighted by atomic mass is 9.77. The van der Waals surface area contributed by atoms with E-state index in [0.717, 1.165) is 68.0 Å². The van der Waals surface area contributed by atoms with Gasteiger partial charge in [0.2, 0.25) is 0 Å². The van der Waals surface area contributed by atoms with Crippen LogP contribution in [0.4, 0.5) is 13.9 Å². The van der Waals surface area contributed by atoms with E-state index >= 15 is 0 Å². The molecule has 292 valence electrons. The van der Waals surface area contributed by atoms with Gasteiger partial charge in [-0.05, 0) is 22.3 Å². The number of carbonyl (C=O) groups is 4. The van der Waals surface area contributed by atoms with Crippen molar-refractivity contribution >= 4 is 81.0 Å². The summed E-state index contributed by atoms with van der Waals surface area (Å²) in [7, 11) is 0. The van der Waals surface area contributed by atoms with Gasteiger partial charge in [0.05, 0.1) is 4.21 Å². The van der Waals surface area contributed by atoms with Gasteiger partial charge < -0.3 is 25.7 Å². The number of hydrogen-bond donors (Lipinski definition) is 5. The average Bonchev–Trinajstić information content (AvgIpc) is 3.84. The molecule has 2 atom stereocenters. The highest BCUT2D eigenvalue weighted by Crippen LogP contribution is 2.43. The Hall–Kier alpha value is -5.83. The zero-order valence-electron chi connectivity index (χ0n) is 29.0.